The fraction of sp³-hybridized carbons (Fsp3) is 0.500. The van der Waals surface area contributed by atoms with Crippen LogP contribution in [0.3, 0.4) is 0 Å². The molecule has 1 unspecified atom stereocenters. The first-order valence-electron chi connectivity index (χ1n) is 6.35. The first kappa shape index (κ1) is 15.5. The molecule has 5 nitrogen and oxygen atoms in total. The molecule has 5 heteroatoms. The second-order valence-corrected chi connectivity index (χ2v) is 4.71. The predicted molar refractivity (Wildman–Crippen MR) is 75.0 cm³/mol. The molecule has 0 saturated heterocycles. The Labute approximate surface area is 113 Å². The molecule has 0 aliphatic carbocycles. The Bertz CT molecular complexity index is 407. The summed E-state index contributed by atoms with van der Waals surface area (Å²) in [5, 5.41) is 21.0. The van der Waals surface area contributed by atoms with Crippen molar-refractivity contribution in [1.29, 1.82) is 0 Å². The van der Waals surface area contributed by atoms with E-state index in [1.54, 1.807) is 19.0 Å². The van der Waals surface area contributed by atoms with E-state index in [1.165, 1.54) is 0 Å². The van der Waals surface area contributed by atoms with Crippen molar-refractivity contribution in [2.45, 2.75) is 18.9 Å². The van der Waals surface area contributed by atoms with Crippen molar-refractivity contribution < 1.29 is 15.0 Å². The van der Waals surface area contributed by atoms with E-state index in [0.29, 0.717) is 19.4 Å². The molecule has 1 aromatic rings. The minimum atomic E-state index is -0.765. The van der Waals surface area contributed by atoms with Crippen LogP contribution in [0.2, 0.25) is 0 Å². The third-order valence-corrected chi connectivity index (χ3v) is 2.81. The predicted octanol–water partition coefficient (Wildman–Crippen LogP) is 0.472. The van der Waals surface area contributed by atoms with Crippen molar-refractivity contribution >= 4 is 11.6 Å². The Kier molecular flexibility index (Phi) is 6.32. The summed E-state index contributed by atoms with van der Waals surface area (Å²) >= 11 is 0. The van der Waals surface area contributed by atoms with E-state index in [2.05, 4.69) is 5.32 Å². The highest BCUT2D eigenvalue weighted by molar-refractivity contribution is 5.75. The van der Waals surface area contributed by atoms with Crippen LogP contribution < -0.4 is 5.32 Å². The van der Waals surface area contributed by atoms with Crippen LogP contribution in [-0.2, 0) is 11.2 Å². The van der Waals surface area contributed by atoms with Gasteiger partial charge in [0, 0.05) is 32.7 Å². The molecular weight excluding hydrogens is 244 g/mol. The van der Waals surface area contributed by atoms with Crippen LogP contribution in [0.1, 0.15) is 12.0 Å². The number of aliphatic hydroxyl groups excluding tert-OH is 2. The lowest BCUT2D eigenvalue weighted by molar-refractivity contribution is -0.128. The Morgan fingerprint density at radius 1 is 1.42 bits per heavy atom. The van der Waals surface area contributed by atoms with Gasteiger partial charge in [-0.2, -0.15) is 0 Å². The molecule has 19 heavy (non-hydrogen) atoms. The van der Waals surface area contributed by atoms with Crippen molar-refractivity contribution in [1.82, 2.24) is 4.90 Å². The number of benzene rings is 1. The maximum absolute atomic E-state index is 11.5. The van der Waals surface area contributed by atoms with E-state index in [1.807, 2.05) is 24.3 Å². The Hall–Kier alpha value is -1.59. The molecule has 106 valence electrons. The van der Waals surface area contributed by atoms with Gasteiger partial charge in [0.1, 0.15) is 0 Å². The smallest absolute Gasteiger partial charge is 0.222 e. The van der Waals surface area contributed by atoms with Crippen LogP contribution in [0.25, 0.3) is 0 Å². The lowest BCUT2D eigenvalue weighted by Gasteiger charge is -2.12. The first-order valence-corrected chi connectivity index (χ1v) is 6.35. The molecule has 0 aromatic heterocycles. The van der Waals surface area contributed by atoms with Gasteiger partial charge in [-0.15, -0.1) is 0 Å². The van der Waals surface area contributed by atoms with Gasteiger partial charge >= 0.3 is 0 Å². The zero-order chi connectivity index (χ0) is 14.3. The van der Waals surface area contributed by atoms with E-state index in [0.717, 1.165) is 11.3 Å². The molecular formula is C14H22N2O3. The third kappa shape index (κ3) is 5.72. The Morgan fingerprint density at radius 2 is 2.16 bits per heavy atom. The van der Waals surface area contributed by atoms with Crippen LogP contribution in [0, 0.1) is 0 Å². The number of carbonyl (C=O) groups excluding carboxylic acids is 1. The SMILES string of the molecule is CN(C)C(=O)CCc1cccc(NCC(O)CO)c1. The number of hydrogen-bond donors (Lipinski definition) is 3. The number of aryl methyl sites for hydroxylation is 1. The molecule has 1 atom stereocenters. The number of nitrogens with zero attached hydrogens (tertiary/aromatic N) is 1. The van der Waals surface area contributed by atoms with Crippen LogP contribution in [0.4, 0.5) is 5.69 Å². The molecule has 0 radical (unpaired) electrons. The summed E-state index contributed by atoms with van der Waals surface area (Å²) in [6.07, 6.45) is 0.407. The van der Waals surface area contributed by atoms with E-state index in [-0.39, 0.29) is 12.5 Å². The second kappa shape index (κ2) is 7.76. The average molecular weight is 266 g/mol. The number of rotatable bonds is 7. The van der Waals surface area contributed by atoms with Gasteiger partial charge in [0.05, 0.1) is 12.7 Å². The van der Waals surface area contributed by atoms with Crippen molar-refractivity contribution in [2.75, 3.05) is 32.6 Å². The zero-order valence-electron chi connectivity index (χ0n) is 11.5. The van der Waals surface area contributed by atoms with Gasteiger partial charge in [-0.3, -0.25) is 4.79 Å². The Balaban J connectivity index is 2.50. The topological polar surface area (TPSA) is 72.8 Å². The first-order chi connectivity index (χ1) is 9.02. The minimum absolute atomic E-state index is 0.106. The van der Waals surface area contributed by atoms with E-state index >= 15 is 0 Å². The quantitative estimate of drug-likeness (QED) is 0.671. The monoisotopic (exact) mass is 266 g/mol. The summed E-state index contributed by atoms with van der Waals surface area (Å²) in [5.41, 5.74) is 1.95. The fourth-order valence-electron chi connectivity index (χ4n) is 1.61. The van der Waals surface area contributed by atoms with Crippen molar-refractivity contribution in [3.63, 3.8) is 0 Å². The van der Waals surface area contributed by atoms with Crippen molar-refractivity contribution in [3.05, 3.63) is 29.8 Å². The summed E-state index contributed by atoms with van der Waals surface area (Å²) in [4.78, 5) is 13.1. The molecule has 3 N–H and O–H groups in total. The van der Waals surface area contributed by atoms with Gasteiger partial charge in [0.2, 0.25) is 5.91 Å². The number of carbonyl (C=O) groups is 1. The van der Waals surface area contributed by atoms with E-state index < -0.39 is 6.10 Å². The second-order valence-electron chi connectivity index (χ2n) is 4.71. The van der Waals surface area contributed by atoms with Gasteiger partial charge in [-0.1, -0.05) is 12.1 Å². The molecule has 0 fully saturated rings. The van der Waals surface area contributed by atoms with Crippen molar-refractivity contribution in [3.8, 4) is 0 Å². The number of aliphatic hydroxyl groups is 2. The van der Waals surface area contributed by atoms with E-state index in [4.69, 9.17) is 5.11 Å². The molecule has 0 bridgehead atoms. The Morgan fingerprint density at radius 3 is 2.79 bits per heavy atom. The maximum atomic E-state index is 11.5. The number of anilines is 1. The summed E-state index contributed by atoms with van der Waals surface area (Å²) in [6, 6.07) is 7.72. The highest BCUT2D eigenvalue weighted by atomic mass is 16.3. The van der Waals surface area contributed by atoms with Crippen molar-refractivity contribution in [2.24, 2.45) is 0 Å². The lowest BCUT2D eigenvalue weighted by Crippen LogP contribution is -2.23. The number of hydrogen-bond acceptors (Lipinski definition) is 4. The van der Waals surface area contributed by atoms with Gasteiger partial charge in [0.25, 0.3) is 0 Å². The third-order valence-electron chi connectivity index (χ3n) is 2.81. The van der Waals surface area contributed by atoms with Gasteiger partial charge in [-0.25, -0.2) is 0 Å². The van der Waals surface area contributed by atoms with Gasteiger partial charge < -0.3 is 20.4 Å². The van der Waals surface area contributed by atoms with E-state index in [9.17, 15) is 9.90 Å². The summed E-state index contributed by atoms with van der Waals surface area (Å²) in [6.45, 7) is 0.0423. The standard InChI is InChI=1S/C14H22N2O3/c1-16(2)14(19)7-6-11-4-3-5-12(8-11)15-9-13(18)10-17/h3-5,8,13,15,17-18H,6-7,9-10H2,1-2H3. The summed E-state index contributed by atoms with van der Waals surface area (Å²) < 4.78 is 0. The molecule has 0 aliphatic heterocycles. The van der Waals surface area contributed by atoms with Gasteiger partial charge in [-0.05, 0) is 24.1 Å². The molecule has 0 spiro atoms. The average Bonchev–Trinajstić information content (AvgIpc) is 2.42. The van der Waals surface area contributed by atoms with Gasteiger partial charge in [0.15, 0.2) is 0 Å². The zero-order valence-corrected chi connectivity index (χ0v) is 11.5. The lowest BCUT2D eigenvalue weighted by atomic mass is 10.1. The normalized spacial score (nSPS) is 12.0. The fourth-order valence-corrected chi connectivity index (χ4v) is 1.61. The number of nitrogens with one attached hydrogen (secondary N) is 1. The largest absolute Gasteiger partial charge is 0.394 e. The molecule has 0 saturated carbocycles. The van der Waals surface area contributed by atoms with Crippen LogP contribution >= 0.6 is 0 Å². The molecule has 1 aromatic carbocycles. The van der Waals surface area contributed by atoms with Crippen LogP contribution in [0.15, 0.2) is 24.3 Å². The van der Waals surface area contributed by atoms with Crippen LogP contribution in [0.5, 0.6) is 0 Å². The molecule has 1 amide bonds. The van der Waals surface area contributed by atoms with Crippen LogP contribution in [-0.4, -0.2) is 54.4 Å². The number of amides is 1. The molecule has 0 aliphatic rings. The summed E-state index contributed by atoms with van der Waals surface area (Å²) in [7, 11) is 3.49. The highest BCUT2D eigenvalue weighted by Crippen LogP contribution is 2.12. The summed E-state index contributed by atoms with van der Waals surface area (Å²) in [5.74, 6) is 0.106. The molecule has 1 rings (SSSR count). The molecule has 0 heterocycles. The maximum Gasteiger partial charge on any atom is 0.222 e. The highest BCUT2D eigenvalue weighted by Gasteiger charge is 2.05. The minimum Gasteiger partial charge on any atom is -0.394 e.